The highest BCUT2D eigenvalue weighted by atomic mass is 32.2. The summed E-state index contributed by atoms with van der Waals surface area (Å²) in [5, 5.41) is 19.0. The number of nitrogens with one attached hydrogen (secondary N) is 1. The van der Waals surface area contributed by atoms with E-state index in [0.717, 1.165) is 35.7 Å². The summed E-state index contributed by atoms with van der Waals surface area (Å²) < 4.78 is 5.99. The van der Waals surface area contributed by atoms with Crippen LogP contribution in [0.4, 0.5) is 0 Å². The van der Waals surface area contributed by atoms with Gasteiger partial charge in [0.1, 0.15) is 5.25 Å². The third-order valence-corrected chi connectivity index (χ3v) is 5.55. The van der Waals surface area contributed by atoms with Crippen molar-refractivity contribution in [3.63, 3.8) is 0 Å². The molecule has 0 radical (unpaired) electrons. The molecule has 0 spiro atoms. The lowest BCUT2D eigenvalue weighted by Crippen LogP contribution is -2.26. The van der Waals surface area contributed by atoms with Gasteiger partial charge in [0.15, 0.2) is 5.17 Å². The Balaban J connectivity index is 1.53. The first-order chi connectivity index (χ1) is 13.1. The van der Waals surface area contributed by atoms with Gasteiger partial charge in [-0.1, -0.05) is 49.2 Å². The minimum atomic E-state index is -1.01. The quantitative estimate of drug-likeness (QED) is 0.552. The summed E-state index contributed by atoms with van der Waals surface area (Å²) in [5.74, 6) is -1.36. The third-order valence-electron chi connectivity index (χ3n) is 4.48. The molecule has 2 fully saturated rings. The molecule has 1 unspecified atom stereocenters. The van der Waals surface area contributed by atoms with Crippen LogP contribution in [0.5, 0.6) is 0 Å². The summed E-state index contributed by atoms with van der Waals surface area (Å²) in [6.07, 6.45) is 7.83. The minimum absolute atomic E-state index is 0.234. The summed E-state index contributed by atoms with van der Waals surface area (Å²) in [6, 6.07) is 7.89. The molecule has 2 aliphatic rings. The highest BCUT2D eigenvalue weighted by molar-refractivity contribution is 8.15. The van der Waals surface area contributed by atoms with E-state index in [1.165, 1.54) is 19.3 Å². The second-order valence-corrected chi connectivity index (χ2v) is 7.85. The molecule has 3 rings (SSSR count). The number of rotatable bonds is 7. The number of amides is 1. The Morgan fingerprint density at radius 2 is 2.15 bits per heavy atom. The topological polar surface area (TPSA) is 100 Å². The fourth-order valence-corrected chi connectivity index (χ4v) is 4.02. The van der Waals surface area contributed by atoms with Crippen molar-refractivity contribution in [2.24, 2.45) is 10.2 Å². The second kappa shape index (κ2) is 9.66. The van der Waals surface area contributed by atoms with Gasteiger partial charge in [-0.2, -0.15) is 5.10 Å². The first-order valence-electron chi connectivity index (χ1n) is 9.11. The van der Waals surface area contributed by atoms with E-state index in [4.69, 9.17) is 9.84 Å². The average molecular weight is 389 g/mol. The predicted molar refractivity (Wildman–Crippen MR) is 105 cm³/mol. The molecule has 1 atom stereocenters. The van der Waals surface area contributed by atoms with Gasteiger partial charge in [-0.05, 0) is 30.0 Å². The number of ether oxygens (including phenoxy) is 1. The van der Waals surface area contributed by atoms with Crippen molar-refractivity contribution in [2.45, 2.75) is 56.5 Å². The van der Waals surface area contributed by atoms with Crippen LogP contribution in [0.2, 0.25) is 0 Å². The van der Waals surface area contributed by atoms with E-state index in [2.05, 4.69) is 15.5 Å². The fourth-order valence-electron chi connectivity index (χ4n) is 3.10. The lowest BCUT2D eigenvalue weighted by molar-refractivity contribution is -0.138. The van der Waals surface area contributed by atoms with Crippen LogP contribution in [-0.2, 0) is 20.9 Å². The van der Waals surface area contributed by atoms with E-state index in [9.17, 15) is 9.59 Å². The highest BCUT2D eigenvalue weighted by Gasteiger charge is 2.32. The molecule has 144 valence electrons. The molecular formula is C19H23N3O4S. The molecule has 0 aromatic heterocycles. The molecule has 1 aliphatic carbocycles. The summed E-state index contributed by atoms with van der Waals surface area (Å²) in [6.45, 7) is 0.587. The highest BCUT2D eigenvalue weighted by Crippen LogP contribution is 2.23. The zero-order valence-corrected chi connectivity index (χ0v) is 15.8. The first kappa shape index (κ1) is 19.6. The monoisotopic (exact) mass is 389 g/mol. The Labute approximate surface area is 162 Å². The number of carboxylic acids is 1. The van der Waals surface area contributed by atoms with E-state index in [1.807, 2.05) is 24.3 Å². The molecule has 1 saturated carbocycles. The first-order valence-corrected chi connectivity index (χ1v) is 9.99. The Morgan fingerprint density at radius 1 is 1.33 bits per heavy atom. The van der Waals surface area contributed by atoms with Crippen LogP contribution < -0.4 is 5.32 Å². The molecule has 1 aliphatic heterocycles. The standard InChI is InChI=1S/C19H23N3O4S/c23-17(24)10-16-18(25)21-19(27-16)22-20-11-13-5-4-6-14(9-13)12-26-15-7-2-1-3-8-15/h4-6,9,11,15-16H,1-3,7-8,10,12H2,(H,23,24)(H,21,22,25). The van der Waals surface area contributed by atoms with Crippen molar-refractivity contribution in [3.05, 3.63) is 35.4 Å². The molecule has 1 aromatic carbocycles. The average Bonchev–Trinajstić information content (AvgIpc) is 3.00. The largest absolute Gasteiger partial charge is 0.481 e. The number of carboxylic acid groups (broad SMARTS) is 1. The van der Waals surface area contributed by atoms with Crippen LogP contribution in [0.15, 0.2) is 34.5 Å². The Morgan fingerprint density at radius 3 is 2.93 bits per heavy atom. The van der Waals surface area contributed by atoms with Gasteiger partial charge in [-0.3, -0.25) is 9.59 Å². The van der Waals surface area contributed by atoms with Gasteiger partial charge in [0, 0.05) is 0 Å². The SMILES string of the molecule is O=C(O)CC1SC(=NN=Cc2cccc(COC3CCCCC3)c2)NC1=O. The van der Waals surface area contributed by atoms with Gasteiger partial charge in [-0.15, -0.1) is 5.10 Å². The number of amidine groups is 1. The molecule has 1 heterocycles. The summed E-state index contributed by atoms with van der Waals surface area (Å²) >= 11 is 1.08. The molecule has 1 amide bonds. The van der Waals surface area contributed by atoms with Crippen molar-refractivity contribution >= 4 is 35.0 Å². The zero-order valence-electron chi connectivity index (χ0n) is 15.0. The molecule has 1 aromatic rings. The van der Waals surface area contributed by atoms with Crippen molar-refractivity contribution in [1.82, 2.24) is 5.32 Å². The van der Waals surface area contributed by atoms with E-state index in [-0.39, 0.29) is 12.3 Å². The molecule has 2 N–H and O–H groups in total. The zero-order chi connectivity index (χ0) is 19.1. The minimum Gasteiger partial charge on any atom is -0.481 e. The number of aliphatic carboxylic acids is 1. The van der Waals surface area contributed by atoms with Crippen LogP contribution in [0, 0.1) is 0 Å². The van der Waals surface area contributed by atoms with Gasteiger partial charge < -0.3 is 15.2 Å². The molecule has 0 bridgehead atoms. The van der Waals surface area contributed by atoms with Crippen molar-refractivity contribution in [3.8, 4) is 0 Å². The summed E-state index contributed by atoms with van der Waals surface area (Å²) in [5.41, 5.74) is 1.97. The summed E-state index contributed by atoms with van der Waals surface area (Å²) in [7, 11) is 0. The number of hydrogen-bond acceptors (Lipinski definition) is 6. The lowest BCUT2D eigenvalue weighted by Gasteiger charge is -2.22. The van der Waals surface area contributed by atoms with Gasteiger partial charge in [0.25, 0.3) is 0 Å². The van der Waals surface area contributed by atoms with Crippen LogP contribution in [0.3, 0.4) is 0 Å². The number of thioether (sulfide) groups is 1. The molecule has 1 saturated heterocycles. The van der Waals surface area contributed by atoms with Crippen molar-refractivity contribution in [1.29, 1.82) is 0 Å². The van der Waals surface area contributed by atoms with Crippen LogP contribution in [0.25, 0.3) is 0 Å². The van der Waals surface area contributed by atoms with E-state index >= 15 is 0 Å². The number of carbonyl (C=O) groups excluding carboxylic acids is 1. The number of nitrogens with zero attached hydrogens (tertiary/aromatic N) is 2. The Hall–Kier alpha value is -2.19. The number of carbonyl (C=O) groups is 2. The maximum absolute atomic E-state index is 11.7. The van der Waals surface area contributed by atoms with Crippen LogP contribution in [0.1, 0.15) is 49.7 Å². The van der Waals surface area contributed by atoms with E-state index in [1.54, 1.807) is 6.21 Å². The fraction of sp³-hybridized carbons (Fsp3) is 0.474. The Kier molecular flexibility index (Phi) is 7.00. The van der Waals surface area contributed by atoms with Crippen molar-refractivity contribution in [2.75, 3.05) is 0 Å². The predicted octanol–water partition coefficient (Wildman–Crippen LogP) is 2.93. The van der Waals surface area contributed by atoms with Crippen molar-refractivity contribution < 1.29 is 19.4 Å². The van der Waals surface area contributed by atoms with Gasteiger partial charge in [0.05, 0.1) is 25.3 Å². The van der Waals surface area contributed by atoms with E-state index < -0.39 is 11.2 Å². The molecule has 27 heavy (non-hydrogen) atoms. The maximum Gasteiger partial charge on any atom is 0.305 e. The third kappa shape index (κ3) is 6.18. The summed E-state index contributed by atoms with van der Waals surface area (Å²) in [4.78, 5) is 22.4. The second-order valence-electron chi connectivity index (χ2n) is 6.66. The van der Waals surface area contributed by atoms with Crippen LogP contribution >= 0.6 is 11.8 Å². The van der Waals surface area contributed by atoms with Gasteiger partial charge >= 0.3 is 5.97 Å². The van der Waals surface area contributed by atoms with Gasteiger partial charge in [0.2, 0.25) is 5.91 Å². The molecule has 8 heteroatoms. The van der Waals surface area contributed by atoms with E-state index in [0.29, 0.717) is 17.9 Å². The number of hydrogen-bond donors (Lipinski definition) is 2. The molecular weight excluding hydrogens is 366 g/mol. The normalized spacial score (nSPS) is 22.4. The van der Waals surface area contributed by atoms with Gasteiger partial charge in [-0.25, -0.2) is 0 Å². The van der Waals surface area contributed by atoms with Crippen LogP contribution in [-0.4, -0.2) is 39.7 Å². The lowest BCUT2D eigenvalue weighted by atomic mass is 9.98. The Bertz CT molecular complexity index is 744. The smallest absolute Gasteiger partial charge is 0.305 e. The molecule has 7 nitrogen and oxygen atoms in total. The maximum atomic E-state index is 11.7. The number of benzene rings is 1.